The molecule has 0 aliphatic carbocycles. The van der Waals surface area contributed by atoms with Gasteiger partial charge in [-0.3, -0.25) is 0 Å². The second-order valence-electron chi connectivity index (χ2n) is 6.59. The van der Waals surface area contributed by atoms with Gasteiger partial charge in [0.25, 0.3) is 0 Å². The molecule has 0 fully saturated rings. The predicted octanol–water partition coefficient (Wildman–Crippen LogP) is 5.38. The van der Waals surface area contributed by atoms with Crippen LogP contribution < -0.4 is 10.6 Å². The largest absolute Gasteiger partial charge is 0.399 e. The summed E-state index contributed by atoms with van der Waals surface area (Å²) in [5, 5.41) is 0. The fraction of sp³-hybridized carbons (Fsp3) is 0.143. The molecule has 2 N–H and O–H groups in total. The van der Waals surface area contributed by atoms with Crippen molar-refractivity contribution in [2.24, 2.45) is 0 Å². The third-order valence-corrected chi connectivity index (χ3v) is 4.77. The van der Waals surface area contributed by atoms with Gasteiger partial charge in [-0.15, -0.1) is 0 Å². The molecule has 114 valence electrons. The van der Waals surface area contributed by atoms with E-state index < -0.39 is 0 Å². The highest BCUT2D eigenvalue weighted by Gasteiger charge is 2.36. The van der Waals surface area contributed by atoms with E-state index in [2.05, 4.69) is 79.4 Å². The van der Waals surface area contributed by atoms with Crippen molar-refractivity contribution in [3.63, 3.8) is 0 Å². The minimum atomic E-state index is -0.0768. The van der Waals surface area contributed by atoms with Gasteiger partial charge in [0.2, 0.25) is 0 Å². The van der Waals surface area contributed by atoms with Crippen molar-refractivity contribution in [1.82, 2.24) is 0 Å². The maximum absolute atomic E-state index is 6.09. The molecule has 0 bridgehead atoms. The molecule has 0 spiro atoms. The molecule has 3 aromatic carbocycles. The second-order valence-corrected chi connectivity index (χ2v) is 6.59. The van der Waals surface area contributed by atoms with Gasteiger partial charge < -0.3 is 10.6 Å². The van der Waals surface area contributed by atoms with Crippen molar-refractivity contribution in [2.45, 2.75) is 19.3 Å². The Balaban J connectivity index is 2.06. The van der Waals surface area contributed by atoms with E-state index in [1.807, 2.05) is 12.1 Å². The van der Waals surface area contributed by atoms with Crippen LogP contribution in [0.25, 0.3) is 0 Å². The molecule has 1 aliphatic heterocycles. The minimum absolute atomic E-state index is 0.0768. The van der Waals surface area contributed by atoms with E-state index in [0.717, 1.165) is 5.69 Å². The third kappa shape index (κ3) is 2.02. The maximum Gasteiger partial charge on any atom is 0.0504 e. The molecular weight excluding hydrogens is 280 g/mol. The number of nitrogens with two attached hydrogens (primary N) is 1. The number of fused-ring (bicyclic) bond motifs is 2. The maximum atomic E-state index is 6.09. The van der Waals surface area contributed by atoms with Crippen LogP contribution in [0.1, 0.15) is 25.0 Å². The Kier molecular flexibility index (Phi) is 2.95. The molecule has 0 atom stereocenters. The Hall–Kier alpha value is -2.74. The van der Waals surface area contributed by atoms with Crippen molar-refractivity contribution >= 4 is 22.7 Å². The van der Waals surface area contributed by atoms with E-state index in [9.17, 15) is 0 Å². The Labute approximate surface area is 137 Å². The third-order valence-electron chi connectivity index (χ3n) is 4.77. The molecule has 2 nitrogen and oxygen atoms in total. The molecule has 3 aromatic rings. The Morgan fingerprint density at radius 1 is 0.739 bits per heavy atom. The fourth-order valence-electron chi connectivity index (χ4n) is 3.58. The summed E-state index contributed by atoms with van der Waals surface area (Å²) in [6.07, 6.45) is 0. The molecule has 0 unspecified atom stereocenters. The molecule has 0 aromatic heterocycles. The molecule has 4 rings (SSSR count). The first kappa shape index (κ1) is 13.9. The molecular formula is C21H20N2. The highest BCUT2D eigenvalue weighted by Crippen LogP contribution is 2.51. The van der Waals surface area contributed by atoms with Crippen LogP contribution in [0.2, 0.25) is 0 Å². The number of hydrogen-bond donors (Lipinski definition) is 1. The van der Waals surface area contributed by atoms with Gasteiger partial charge in [0.1, 0.15) is 0 Å². The smallest absolute Gasteiger partial charge is 0.0504 e. The number of anilines is 4. The van der Waals surface area contributed by atoms with Crippen molar-refractivity contribution < 1.29 is 0 Å². The predicted molar refractivity (Wildman–Crippen MR) is 97.7 cm³/mol. The monoisotopic (exact) mass is 300 g/mol. The molecule has 0 saturated carbocycles. The van der Waals surface area contributed by atoms with Crippen LogP contribution in [0.4, 0.5) is 22.7 Å². The SMILES string of the molecule is CC1(C)c2ccccc2N(c2ccccc2)c2ccc(N)cc21. The van der Waals surface area contributed by atoms with Crippen molar-refractivity contribution in [3.8, 4) is 0 Å². The normalized spacial score (nSPS) is 15.0. The lowest BCUT2D eigenvalue weighted by molar-refractivity contribution is 0.632. The van der Waals surface area contributed by atoms with E-state index in [1.165, 1.54) is 28.2 Å². The summed E-state index contributed by atoms with van der Waals surface area (Å²) in [5.41, 5.74) is 13.0. The summed E-state index contributed by atoms with van der Waals surface area (Å²) in [6, 6.07) is 25.4. The molecule has 2 heteroatoms. The van der Waals surface area contributed by atoms with Crippen LogP contribution in [0.15, 0.2) is 72.8 Å². The number of nitrogen functional groups attached to an aromatic ring is 1. The quantitative estimate of drug-likeness (QED) is 0.611. The van der Waals surface area contributed by atoms with Gasteiger partial charge in [0.05, 0.1) is 11.4 Å². The molecule has 23 heavy (non-hydrogen) atoms. The van der Waals surface area contributed by atoms with Gasteiger partial charge in [-0.2, -0.15) is 0 Å². The highest BCUT2D eigenvalue weighted by molar-refractivity contribution is 5.86. The Morgan fingerprint density at radius 2 is 1.39 bits per heavy atom. The average molecular weight is 300 g/mol. The summed E-state index contributed by atoms with van der Waals surface area (Å²) in [6.45, 7) is 4.54. The van der Waals surface area contributed by atoms with Crippen molar-refractivity contribution in [2.75, 3.05) is 10.6 Å². The summed E-state index contributed by atoms with van der Waals surface area (Å²) in [5.74, 6) is 0. The van der Waals surface area contributed by atoms with Crippen LogP contribution in [0.3, 0.4) is 0 Å². The fourth-order valence-corrected chi connectivity index (χ4v) is 3.58. The van der Waals surface area contributed by atoms with E-state index in [0.29, 0.717) is 0 Å². The Morgan fingerprint density at radius 3 is 2.17 bits per heavy atom. The number of benzene rings is 3. The van der Waals surface area contributed by atoms with Gasteiger partial charge in [0.15, 0.2) is 0 Å². The topological polar surface area (TPSA) is 29.3 Å². The molecule has 1 aliphatic rings. The van der Waals surface area contributed by atoms with Crippen molar-refractivity contribution in [1.29, 1.82) is 0 Å². The highest BCUT2D eigenvalue weighted by atomic mass is 15.2. The van der Waals surface area contributed by atoms with E-state index in [-0.39, 0.29) is 5.41 Å². The number of para-hydroxylation sites is 2. The summed E-state index contributed by atoms with van der Waals surface area (Å²) in [7, 11) is 0. The lowest BCUT2D eigenvalue weighted by Gasteiger charge is -2.42. The summed E-state index contributed by atoms with van der Waals surface area (Å²) >= 11 is 0. The second kappa shape index (κ2) is 4.88. The van der Waals surface area contributed by atoms with Crippen LogP contribution >= 0.6 is 0 Å². The zero-order valence-corrected chi connectivity index (χ0v) is 13.5. The average Bonchev–Trinajstić information content (AvgIpc) is 2.57. The van der Waals surface area contributed by atoms with Gasteiger partial charge in [0, 0.05) is 16.8 Å². The standard InChI is InChI=1S/C21H20N2/c1-21(2)17-10-6-7-11-19(17)23(16-8-4-3-5-9-16)20-13-12-15(22)14-18(20)21/h3-14H,22H2,1-2H3. The molecule has 0 radical (unpaired) electrons. The van der Waals surface area contributed by atoms with Crippen LogP contribution in [0.5, 0.6) is 0 Å². The lowest BCUT2D eigenvalue weighted by Crippen LogP contribution is -2.30. The Bertz CT molecular complexity index is 866. The number of rotatable bonds is 1. The first-order valence-electron chi connectivity index (χ1n) is 7.94. The van der Waals surface area contributed by atoms with Crippen LogP contribution in [-0.2, 0) is 5.41 Å². The van der Waals surface area contributed by atoms with Gasteiger partial charge in [-0.05, 0) is 47.5 Å². The zero-order valence-electron chi connectivity index (χ0n) is 13.5. The first-order chi connectivity index (χ1) is 11.1. The van der Waals surface area contributed by atoms with Crippen molar-refractivity contribution in [3.05, 3.63) is 83.9 Å². The van der Waals surface area contributed by atoms with E-state index in [1.54, 1.807) is 0 Å². The molecule has 1 heterocycles. The lowest BCUT2D eigenvalue weighted by atomic mass is 9.73. The molecule has 0 amide bonds. The van der Waals surface area contributed by atoms with Crippen LogP contribution in [0, 0.1) is 0 Å². The minimum Gasteiger partial charge on any atom is -0.399 e. The summed E-state index contributed by atoms with van der Waals surface area (Å²) < 4.78 is 0. The van der Waals surface area contributed by atoms with Gasteiger partial charge in [-0.1, -0.05) is 50.2 Å². The molecule has 0 saturated heterocycles. The van der Waals surface area contributed by atoms with E-state index in [4.69, 9.17) is 5.73 Å². The first-order valence-corrected chi connectivity index (χ1v) is 7.94. The van der Waals surface area contributed by atoms with Gasteiger partial charge in [-0.25, -0.2) is 0 Å². The number of hydrogen-bond acceptors (Lipinski definition) is 2. The zero-order chi connectivity index (χ0) is 16.0. The van der Waals surface area contributed by atoms with Gasteiger partial charge >= 0.3 is 0 Å². The van der Waals surface area contributed by atoms with E-state index >= 15 is 0 Å². The summed E-state index contributed by atoms with van der Waals surface area (Å²) in [4.78, 5) is 2.33. The number of nitrogens with zero attached hydrogens (tertiary/aromatic N) is 1. The van der Waals surface area contributed by atoms with Crippen LogP contribution in [-0.4, -0.2) is 0 Å².